The Labute approximate surface area is 148 Å². The standard InChI is InChI=1S/C17H15Cl2FN2O2/c18-12-5-1-3-10(14(12)19)9-22-16(24)17(20)7-6-13(23)15-11(17)4-2-8-21-15/h1-5,8,13,23H,6-7,9H2,(H,22,24). The number of aliphatic hydroxyl groups excluding tert-OH is 1. The lowest BCUT2D eigenvalue weighted by atomic mass is 9.81. The average molecular weight is 369 g/mol. The van der Waals surface area contributed by atoms with Crippen LogP contribution >= 0.6 is 23.2 Å². The van der Waals surface area contributed by atoms with Gasteiger partial charge in [-0.25, -0.2) is 4.39 Å². The van der Waals surface area contributed by atoms with Crippen LogP contribution in [0.15, 0.2) is 36.5 Å². The van der Waals surface area contributed by atoms with E-state index in [1.807, 2.05) is 0 Å². The fourth-order valence-corrected chi connectivity index (χ4v) is 3.25. The number of hydrogen-bond donors (Lipinski definition) is 2. The van der Waals surface area contributed by atoms with Gasteiger partial charge in [0.25, 0.3) is 5.91 Å². The molecular weight excluding hydrogens is 354 g/mol. The molecule has 2 atom stereocenters. The van der Waals surface area contributed by atoms with Crippen molar-refractivity contribution in [3.63, 3.8) is 0 Å². The summed E-state index contributed by atoms with van der Waals surface area (Å²) < 4.78 is 15.4. The molecule has 0 spiro atoms. The summed E-state index contributed by atoms with van der Waals surface area (Å²) in [5, 5.41) is 13.2. The van der Waals surface area contributed by atoms with Gasteiger partial charge >= 0.3 is 0 Å². The third kappa shape index (κ3) is 2.99. The predicted molar refractivity (Wildman–Crippen MR) is 89.5 cm³/mol. The Morgan fingerprint density at radius 1 is 1.38 bits per heavy atom. The van der Waals surface area contributed by atoms with Gasteiger partial charge in [-0.05, 0) is 30.5 Å². The number of halogens is 3. The average Bonchev–Trinajstić information content (AvgIpc) is 2.59. The van der Waals surface area contributed by atoms with Crippen LogP contribution in [0.2, 0.25) is 10.0 Å². The van der Waals surface area contributed by atoms with E-state index >= 15 is 4.39 Å². The molecule has 1 aromatic carbocycles. The Morgan fingerprint density at radius 3 is 2.96 bits per heavy atom. The Hall–Kier alpha value is -1.69. The number of nitrogens with zero attached hydrogens (tertiary/aromatic N) is 1. The van der Waals surface area contributed by atoms with Gasteiger partial charge in [0.05, 0.1) is 21.8 Å². The Balaban J connectivity index is 1.82. The molecular formula is C17H15Cl2FN2O2. The second-order valence-electron chi connectivity index (χ2n) is 5.69. The molecule has 2 unspecified atom stereocenters. The van der Waals surface area contributed by atoms with Crippen LogP contribution in [0, 0.1) is 0 Å². The number of fused-ring (bicyclic) bond motifs is 1. The number of nitrogens with one attached hydrogen (secondary N) is 1. The van der Waals surface area contributed by atoms with E-state index in [9.17, 15) is 9.90 Å². The highest BCUT2D eigenvalue weighted by molar-refractivity contribution is 6.42. The van der Waals surface area contributed by atoms with Gasteiger partial charge in [0.1, 0.15) is 0 Å². The third-order valence-corrected chi connectivity index (χ3v) is 5.03. The summed E-state index contributed by atoms with van der Waals surface area (Å²) >= 11 is 12.0. The predicted octanol–water partition coefficient (Wildman–Crippen LogP) is 3.70. The topological polar surface area (TPSA) is 62.2 Å². The van der Waals surface area contributed by atoms with Crippen LogP contribution in [-0.4, -0.2) is 16.0 Å². The van der Waals surface area contributed by atoms with Crippen molar-refractivity contribution < 1.29 is 14.3 Å². The molecule has 0 bridgehead atoms. The molecule has 1 aliphatic carbocycles. The second kappa shape index (κ2) is 6.67. The van der Waals surface area contributed by atoms with Crippen LogP contribution in [0.3, 0.4) is 0 Å². The quantitative estimate of drug-likeness (QED) is 0.868. The normalized spacial score (nSPS) is 22.8. The van der Waals surface area contributed by atoms with Gasteiger partial charge in [-0.2, -0.15) is 0 Å². The number of aliphatic hydroxyl groups is 1. The molecule has 0 saturated carbocycles. The van der Waals surface area contributed by atoms with E-state index < -0.39 is 17.7 Å². The highest BCUT2D eigenvalue weighted by Crippen LogP contribution is 2.42. The van der Waals surface area contributed by atoms with Crippen LogP contribution in [0.5, 0.6) is 0 Å². The fourth-order valence-electron chi connectivity index (χ4n) is 2.86. The Kier molecular flexibility index (Phi) is 4.76. The summed E-state index contributed by atoms with van der Waals surface area (Å²) in [5.74, 6) is -0.778. The molecule has 0 saturated heterocycles. The van der Waals surface area contributed by atoms with Crippen LogP contribution in [-0.2, 0) is 17.0 Å². The molecule has 24 heavy (non-hydrogen) atoms. The van der Waals surface area contributed by atoms with Crippen molar-refractivity contribution in [3.05, 3.63) is 63.4 Å². The summed E-state index contributed by atoms with van der Waals surface area (Å²) in [6.45, 7) is 0.0576. The highest BCUT2D eigenvalue weighted by atomic mass is 35.5. The number of benzene rings is 1. The molecule has 7 heteroatoms. The molecule has 0 fully saturated rings. The Morgan fingerprint density at radius 2 is 2.17 bits per heavy atom. The first-order valence-electron chi connectivity index (χ1n) is 7.47. The minimum absolute atomic E-state index is 0.0576. The van der Waals surface area contributed by atoms with E-state index in [0.717, 1.165) is 0 Å². The lowest BCUT2D eigenvalue weighted by Crippen LogP contribution is -2.44. The number of alkyl halides is 1. The van der Waals surface area contributed by atoms with Crippen molar-refractivity contribution in [2.45, 2.75) is 31.2 Å². The monoisotopic (exact) mass is 368 g/mol. The first-order valence-corrected chi connectivity index (χ1v) is 8.22. The molecule has 1 heterocycles. The number of carbonyl (C=O) groups excluding carboxylic acids is 1. The van der Waals surface area contributed by atoms with Gasteiger partial charge in [0, 0.05) is 18.3 Å². The lowest BCUT2D eigenvalue weighted by molar-refractivity contribution is -0.135. The summed E-state index contributed by atoms with van der Waals surface area (Å²) in [4.78, 5) is 16.5. The minimum Gasteiger partial charge on any atom is -0.387 e. The maximum atomic E-state index is 15.4. The summed E-state index contributed by atoms with van der Waals surface area (Å²) in [5.41, 5.74) is -1.31. The number of pyridine rings is 1. The van der Waals surface area contributed by atoms with E-state index in [1.165, 1.54) is 12.3 Å². The molecule has 1 aliphatic rings. The molecule has 4 nitrogen and oxygen atoms in total. The van der Waals surface area contributed by atoms with Crippen molar-refractivity contribution in [1.29, 1.82) is 0 Å². The van der Waals surface area contributed by atoms with E-state index in [2.05, 4.69) is 10.3 Å². The Bertz CT molecular complexity index is 787. The van der Waals surface area contributed by atoms with Crippen molar-refractivity contribution in [2.24, 2.45) is 0 Å². The van der Waals surface area contributed by atoms with Crippen molar-refractivity contribution in [3.8, 4) is 0 Å². The lowest BCUT2D eigenvalue weighted by Gasteiger charge is -2.32. The maximum absolute atomic E-state index is 15.4. The summed E-state index contributed by atoms with van der Waals surface area (Å²) in [6.07, 6.45) is 0.630. The molecule has 126 valence electrons. The summed E-state index contributed by atoms with van der Waals surface area (Å²) in [6, 6.07) is 8.08. The number of carbonyl (C=O) groups is 1. The highest BCUT2D eigenvalue weighted by Gasteiger charge is 2.46. The van der Waals surface area contributed by atoms with Crippen LogP contribution in [0.1, 0.15) is 35.8 Å². The van der Waals surface area contributed by atoms with Gasteiger partial charge in [0.2, 0.25) is 5.67 Å². The second-order valence-corrected chi connectivity index (χ2v) is 6.47. The first-order chi connectivity index (χ1) is 11.4. The SMILES string of the molecule is O=C(NCc1cccc(Cl)c1Cl)C1(F)CCC(O)c2ncccc21. The first kappa shape index (κ1) is 17.1. The van der Waals surface area contributed by atoms with Crippen molar-refractivity contribution in [2.75, 3.05) is 0 Å². The van der Waals surface area contributed by atoms with Gasteiger partial charge in [-0.3, -0.25) is 9.78 Å². The molecule has 0 aliphatic heterocycles. The van der Waals surface area contributed by atoms with Crippen LogP contribution in [0.4, 0.5) is 4.39 Å². The van der Waals surface area contributed by atoms with Gasteiger partial charge in [-0.1, -0.05) is 41.4 Å². The number of hydrogen-bond acceptors (Lipinski definition) is 3. The molecule has 0 radical (unpaired) electrons. The van der Waals surface area contributed by atoms with E-state index in [-0.39, 0.29) is 30.6 Å². The molecule has 3 rings (SSSR count). The van der Waals surface area contributed by atoms with E-state index in [0.29, 0.717) is 15.6 Å². The van der Waals surface area contributed by atoms with E-state index in [1.54, 1.807) is 24.3 Å². The van der Waals surface area contributed by atoms with Gasteiger partial charge in [0.15, 0.2) is 0 Å². The number of aromatic nitrogens is 1. The van der Waals surface area contributed by atoms with Gasteiger partial charge < -0.3 is 10.4 Å². The fraction of sp³-hybridized carbons (Fsp3) is 0.294. The zero-order valence-corrected chi connectivity index (χ0v) is 14.1. The molecule has 2 aromatic rings. The van der Waals surface area contributed by atoms with Crippen LogP contribution in [0.25, 0.3) is 0 Å². The minimum atomic E-state index is -2.23. The number of amides is 1. The third-order valence-electron chi connectivity index (χ3n) is 4.17. The largest absolute Gasteiger partial charge is 0.387 e. The van der Waals surface area contributed by atoms with E-state index in [4.69, 9.17) is 23.2 Å². The summed E-state index contributed by atoms with van der Waals surface area (Å²) in [7, 11) is 0. The zero-order chi connectivity index (χ0) is 17.3. The van der Waals surface area contributed by atoms with Crippen molar-refractivity contribution >= 4 is 29.1 Å². The smallest absolute Gasteiger partial charge is 0.262 e. The molecule has 1 amide bonds. The van der Waals surface area contributed by atoms with Gasteiger partial charge in [-0.15, -0.1) is 0 Å². The zero-order valence-electron chi connectivity index (χ0n) is 12.6. The molecule has 2 N–H and O–H groups in total. The van der Waals surface area contributed by atoms with Crippen LogP contribution < -0.4 is 5.32 Å². The maximum Gasteiger partial charge on any atom is 0.262 e. The van der Waals surface area contributed by atoms with Crippen molar-refractivity contribution in [1.82, 2.24) is 10.3 Å². The number of rotatable bonds is 3. The molecule has 1 aromatic heterocycles.